The molecule has 1 aliphatic rings. The highest BCUT2D eigenvalue weighted by Crippen LogP contribution is 2.42. The van der Waals surface area contributed by atoms with E-state index in [1.807, 2.05) is 42.5 Å². The van der Waals surface area contributed by atoms with Crippen LogP contribution in [-0.2, 0) is 12.0 Å². The molecule has 0 radical (unpaired) electrons. The lowest BCUT2D eigenvalue weighted by Gasteiger charge is -2.25. The highest BCUT2D eigenvalue weighted by atomic mass is 79.9. The number of benzene rings is 2. The van der Waals surface area contributed by atoms with Crippen LogP contribution in [-0.4, -0.2) is 0 Å². The summed E-state index contributed by atoms with van der Waals surface area (Å²) in [4.78, 5) is 0. The van der Waals surface area contributed by atoms with Gasteiger partial charge in [-0.1, -0.05) is 39.7 Å². The Labute approximate surface area is 131 Å². The Balaban J connectivity index is 2.01. The van der Waals surface area contributed by atoms with Gasteiger partial charge in [0.15, 0.2) is 5.54 Å². The van der Waals surface area contributed by atoms with Crippen molar-refractivity contribution in [3.05, 3.63) is 63.1 Å². The zero-order valence-corrected chi connectivity index (χ0v) is 13.0. The van der Waals surface area contributed by atoms with Gasteiger partial charge in [0, 0.05) is 15.2 Å². The number of hydrogen-bond acceptors (Lipinski definition) is 2. The zero-order valence-electron chi connectivity index (χ0n) is 10.7. The van der Waals surface area contributed by atoms with Gasteiger partial charge >= 0.3 is 0 Å². The van der Waals surface area contributed by atoms with E-state index in [2.05, 4.69) is 27.3 Å². The van der Waals surface area contributed by atoms with Gasteiger partial charge < -0.3 is 5.32 Å². The number of rotatable bonds is 2. The minimum Gasteiger partial charge on any atom is -0.364 e. The normalized spacial score (nSPS) is 20.2. The van der Waals surface area contributed by atoms with Gasteiger partial charge in [0.25, 0.3) is 0 Å². The third kappa shape index (κ3) is 2.19. The number of fused-ring (bicyclic) bond motifs is 1. The van der Waals surface area contributed by atoms with E-state index in [0.717, 1.165) is 28.6 Å². The summed E-state index contributed by atoms with van der Waals surface area (Å²) in [7, 11) is 0. The molecule has 4 heteroatoms. The Morgan fingerprint density at radius 3 is 2.65 bits per heavy atom. The summed E-state index contributed by atoms with van der Waals surface area (Å²) in [5, 5.41) is 13.8. The van der Waals surface area contributed by atoms with Crippen molar-refractivity contribution in [2.45, 2.75) is 18.4 Å². The first-order valence-electron chi connectivity index (χ1n) is 6.37. The SMILES string of the molecule is N#CC1(Nc2ccc(Cl)cc2)CCc2c(Br)cccc21. The average molecular weight is 348 g/mol. The molecule has 0 heterocycles. The van der Waals surface area contributed by atoms with Gasteiger partial charge in [0.2, 0.25) is 0 Å². The molecular weight excluding hydrogens is 336 g/mol. The first-order valence-corrected chi connectivity index (χ1v) is 7.55. The van der Waals surface area contributed by atoms with Crippen molar-refractivity contribution in [1.29, 1.82) is 5.26 Å². The molecule has 0 aliphatic heterocycles. The van der Waals surface area contributed by atoms with Crippen LogP contribution in [0.2, 0.25) is 5.02 Å². The number of nitrogens with one attached hydrogen (secondary N) is 1. The molecule has 0 aromatic heterocycles. The maximum Gasteiger partial charge on any atom is 0.151 e. The lowest BCUT2D eigenvalue weighted by molar-refractivity contribution is 0.621. The average Bonchev–Trinajstić information content (AvgIpc) is 2.83. The van der Waals surface area contributed by atoms with Crippen molar-refractivity contribution < 1.29 is 0 Å². The number of halogens is 2. The quantitative estimate of drug-likeness (QED) is 0.840. The van der Waals surface area contributed by atoms with Crippen molar-refractivity contribution >= 4 is 33.2 Å². The molecule has 2 aromatic carbocycles. The molecule has 1 unspecified atom stereocenters. The molecule has 3 rings (SSSR count). The first-order chi connectivity index (χ1) is 9.64. The minimum absolute atomic E-state index is 0.660. The van der Waals surface area contributed by atoms with Crippen LogP contribution in [0.15, 0.2) is 46.9 Å². The largest absolute Gasteiger partial charge is 0.364 e. The van der Waals surface area contributed by atoms with E-state index >= 15 is 0 Å². The molecule has 20 heavy (non-hydrogen) atoms. The minimum atomic E-state index is -0.660. The topological polar surface area (TPSA) is 35.8 Å². The van der Waals surface area contributed by atoms with Crippen molar-refractivity contribution in [3.63, 3.8) is 0 Å². The molecule has 100 valence electrons. The third-order valence-electron chi connectivity index (χ3n) is 3.72. The van der Waals surface area contributed by atoms with E-state index in [-0.39, 0.29) is 0 Å². The standard InChI is InChI=1S/C16H12BrClN2/c17-15-3-1-2-14-13(15)8-9-16(14,10-19)20-12-6-4-11(18)5-7-12/h1-7,20H,8-9H2. The Bertz CT molecular complexity index is 691. The second kappa shape index (κ2) is 5.12. The van der Waals surface area contributed by atoms with Gasteiger partial charge in [0.1, 0.15) is 0 Å². The van der Waals surface area contributed by atoms with Gasteiger partial charge in [-0.05, 0) is 54.3 Å². The van der Waals surface area contributed by atoms with Crippen LogP contribution in [0.3, 0.4) is 0 Å². The number of nitriles is 1. The second-order valence-electron chi connectivity index (χ2n) is 4.91. The Morgan fingerprint density at radius 1 is 1.20 bits per heavy atom. The highest BCUT2D eigenvalue weighted by Gasteiger charge is 2.39. The van der Waals surface area contributed by atoms with Crippen LogP contribution in [0.25, 0.3) is 0 Å². The van der Waals surface area contributed by atoms with Crippen LogP contribution < -0.4 is 5.32 Å². The van der Waals surface area contributed by atoms with Gasteiger partial charge in [0.05, 0.1) is 6.07 Å². The Hall–Kier alpha value is -1.50. The molecular formula is C16H12BrClN2. The Kier molecular flexibility index (Phi) is 3.45. The summed E-state index contributed by atoms with van der Waals surface area (Å²) in [6.45, 7) is 0. The molecule has 0 bridgehead atoms. The molecule has 2 nitrogen and oxygen atoms in total. The van der Waals surface area contributed by atoms with Gasteiger partial charge in [-0.25, -0.2) is 0 Å². The fraction of sp³-hybridized carbons (Fsp3) is 0.188. The molecule has 1 atom stereocenters. The fourth-order valence-corrected chi connectivity index (χ4v) is 3.40. The van der Waals surface area contributed by atoms with Gasteiger partial charge in [-0.15, -0.1) is 0 Å². The smallest absolute Gasteiger partial charge is 0.151 e. The predicted octanol–water partition coefficient (Wildman–Crippen LogP) is 4.88. The van der Waals surface area contributed by atoms with E-state index < -0.39 is 5.54 Å². The van der Waals surface area contributed by atoms with Crippen molar-refractivity contribution in [1.82, 2.24) is 0 Å². The summed E-state index contributed by atoms with van der Waals surface area (Å²) < 4.78 is 1.07. The second-order valence-corrected chi connectivity index (χ2v) is 6.21. The first kappa shape index (κ1) is 13.5. The van der Waals surface area contributed by atoms with Crippen LogP contribution >= 0.6 is 27.5 Å². The third-order valence-corrected chi connectivity index (χ3v) is 4.72. The fourth-order valence-electron chi connectivity index (χ4n) is 2.71. The predicted molar refractivity (Wildman–Crippen MR) is 84.8 cm³/mol. The zero-order chi connectivity index (χ0) is 14.2. The molecule has 1 aliphatic carbocycles. The van der Waals surface area contributed by atoms with Crippen molar-refractivity contribution in [3.8, 4) is 6.07 Å². The monoisotopic (exact) mass is 346 g/mol. The molecule has 0 saturated heterocycles. The number of anilines is 1. The number of hydrogen-bond donors (Lipinski definition) is 1. The summed E-state index contributed by atoms with van der Waals surface area (Å²) in [5.74, 6) is 0. The molecule has 2 aromatic rings. The summed E-state index contributed by atoms with van der Waals surface area (Å²) in [5.41, 5.74) is 2.52. The maximum atomic E-state index is 9.72. The van der Waals surface area contributed by atoms with E-state index in [1.165, 1.54) is 5.56 Å². The summed E-state index contributed by atoms with van der Waals surface area (Å²) in [6, 6.07) is 15.9. The molecule has 1 N–H and O–H groups in total. The van der Waals surface area contributed by atoms with Crippen molar-refractivity contribution in [2.75, 3.05) is 5.32 Å². The number of nitrogens with zero attached hydrogens (tertiary/aromatic N) is 1. The lowest BCUT2D eigenvalue weighted by Crippen LogP contribution is -2.31. The molecule has 0 fully saturated rings. The lowest BCUT2D eigenvalue weighted by atomic mass is 9.93. The van der Waals surface area contributed by atoms with E-state index in [0.29, 0.717) is 5.02 Å². The van der Waals surface area contributed by atoms with Crippen LogP contribution in [0.4, 0.5) is 5.69 Å². The van der Waals surface area contributed by atoms with E-state index in [1.54, 1.807) is 0 Å². The van der Waals surface area contributed by atoms with Gasteiger partial charge in [-0.3, -0.25) is 0 Å². The van der Waals surface area contributed by atoms with Crippen LogP contribution in [0.1, 0.15) is 17.5 Å². The molecule has 0 spiro atoms. The highest BCUT2D eigenvalue weighted by molar-refractivity contribution is 9.10. The van der Waals surface area contributed by atoms with E-state index in [9.17, 15) is 5.26 Å². The van der Waals surface area contributed by atoms with E-state index in [4.69, 9.17) is 11.6 Å². The maximum absolute atomic E-state index is 9.72. The summed E-state index contributed by atoms with van der Waals surface area (Å²) >= 11 is 9.47. The van der Waals surface area contributed by atoms with Crippen LogP contribution in [0.5, 0.6) is 0 Å². The van der Waals surface area contributed by atoms with Gasteiger partial charge in [-0.2, -0.15) is 5.26 Å². The molecule has 0 amide bonds. The van der Waals surface area contributed by atoms with Crippen molar-refractivity contribution in [2.24, 2.45) is 0 Å². The Morgan fingerprint density at radius 2 is 1.95 bits per heavy atom. The van der Waals surface area contributed by atoms with Crippen LogP contribution in [0, 0.1) is 11.3 Å². The summed E-state index contributed by atoms with van der Waals surface area (Å²) in [6.07, 6.45) is 1.66. The molecule has 0 saturated carbocycles.